The van der Waals surface area contributed by atoms with Crippen LogP contribution in [0.25, 0.3) is 0 Å². The van der Waals surface area contributed by atoms with Gasteiger partial charge in [0.2, 0.25) is 0 Å². The van der Waals surface area contributed by atoms with E-state index in [1.165, 1.54) is 5.56 Å². The average molecular weight is 510 g/mol. The second kappa shape index (κ2) is 13.2. The molecule has 2 N–H and O–H groups in total. The van der Waals surface area contributed by atoms with Gasteiger partial charge in [-0.1, -0.05) is 37.6 Å². The quantitative estimate of drug-likeness (QED) is 0.251. The molecule has 2 aromatic carbocycles. The number of carbonyl (C=O) groups is 2. The van der Waals surface area contributed by atoms with Crippen molar-refractivity contribution in [1.29, 1.82) is 0 Å². The monoisotopic (exact) mass is 509 g/mol. The van der Waals surface area contributed by atoms with E-state index in [9.17, 15) is 9.59 Å². The van der Waals surface area contributed by atoms with Crippen LogP contribution >= 0.6 is 12.2 Å². The number of ether oxygens (including phenoxy) is 2. The fraction of sp³-hybridized carbons (Fsp3) is 0.393. The minimum absolute atomic E-state index is 0.167. The molecule has 1 aliphatic heterocycles. The number of methoxy groups -OCH3 is 1. The van der Waals surface area contributed by atoms with Gasteiger partial charge < -0.3 is 25.0 Å². The number of rotatable bonds is 11. The van der Waals surface area contributed by atoms with Gasteiger partial charge in [0.1, 0.15) is 6.61 Å². The zero-order valence-electron chi connectivity index (χ0n) is 21.4. The second-order valence-corrected chi connectivity index (χ2v) is 9.02. The number of anilines is 1. The van der Waals surface area contributed by atoms with Gasteiger partial charge in [-0.2, -0.15) is 0 Å². The summed E-state index contributed by atoms with van der Waals surface area (Å²) in [5.74, 6) is -0.582. The van der Waals surface area contributed by atoms with Gasteiger partial charge in [-0.3, -0.25) is 4.79 Å². The van der Waals surface area contributed by atoms with E-state index in [1.54, 1.807) is 7.11 Å². The van der Waals surface area contributed by atoms with Crippen LogP contribution < -0.4 is 10.6 Å². The minimum atomic E-state index is -0.462. The molecule has 0 saturated heterocycles. The molecule has 1 aliphatic rings. The molecule has 36 heavy (non-hydrogen) atoms. The minimum Gasteiger partial charge on any atom is -0.460 e. The van der Waals surface area contributed by atoms with Crippen molar-refractivity contribution < 1.29 is 19.1 Å². The molecule has 2 aromatic rings. The number of aryl methyl sites for hydroxylation is 1. The van der Waals surface area contributed by atoms with Gasteiger partial charge in [-0.05, 0) is 74.3 Å². The molecule has 192 valence electrons. The molecule has 8 heteroatoms. The Morgan fingerprint density at radius 3 is 2.36 bits per heavy atom. The van der Waals surface area contributed by atoms with Crippen molar-refractivity contribution in [1.82, 2.24) is 10.2 Å². The van der Waals surface area contributed by atoms with Gasteiger partial charge in [-0.25, -0.2) is 4.79 Å². The highest BCUT2D eigenvalue weighted by molar-refractivity contribution is 7.80. The third-order valence-electron chi connectivity index (χ3n) is 6.19. The number of thiocarbonyl (C=S) groups is 1. The summed E-state index contributed by atoms with van der Waals surface area (Å²) >= 11 is 5.55. The van der Waals surface area contributed by atoms with Crippen LogP contribution in [0.15, 0.2) is 59.8 Å². The number of hydrogen-bond acceptors (Lipinski definition) is 5. The van der Waals surface area contributed by atoms with E-state index in [1.807, 2.05) is 67.3 Å². The maximum Gasteiger partial charge on any atom is 0.338 e. The number of esters is 1. The molecular weight excluding hydrogens is 474 g/mol. The number of carbonyl (C=O) groups excluding carboxylic acids is 2. The van der Waals surface area contributed by atoms with Gasteiger partial charge in [0.15, 0.2) is 5.11 Å². The van der Waals surface area contributed by atoms with Crippen LogP contribution in [0.2, 0.25) is 0 Å². The van der Waals surface area contributed by atoms with E-state index in [0.29, 0.717) is 35.1 Å². The van der Waals surface area contributed by atoms with E-state index >= 15 is 0 Å². The number of nitrogens with zero attached hydrogens (tertiary/aromatic N) is 1. The van der Waals surface area contributed by atoms with Crippen molar-refractivity contribution in [2.75, 3.05) is 32.2 Å². The lowest BCUT2D eigenvalue weighted by atomic mass is 9.95. The smallest absolute Gasteiger partial charge is 0.338 e. The summed E-state index contributed by atoms with van der Waals surface area (Å²) < 4.78 is 10.4. The molecule has 0 fully saturated rings. The zero-order chi connectivity index (χ0) is 26.1. The van der Waals surface area contributed by atoms with E-state index in [4.69, 9.17) is 21.7 Å². The predicted molar refractivity (Wildman–Crippen MR) is 146 cm³/mol. The molecular formula is C28H35N3O4S. The Bertz CT molecular complexity index is 1100. The van der Waals surface area contributed by atoms with Crippen LogP contribution in [-0.2, 0) is 20.7 Å². The van der Waals surface area contributed by atoms with Crippen molar-refractivity contribution in [3.8, 4) is 0 Å². The first kappa shape index (κ1) is 27.4. The van der Waals surface area contributed by atoms with Crippen LogP contribution in [0, 0.1) is 0 Å². The van der Waals surface area contributed by atoms with E-state index in [0.717, 1.165) is 30.5 Å². The van der Waals surface area contributed by atoms with Crippen LogP contribution in [-0.4, -0.2) is 48.8 Å². The maximum atomic E-state index is 13.0. The lowest BCUT2D eigenvalue weighted by molar-refractivity contribution is -0.140. The molecule has 1 unspecified atom stereocenters. The van der Waals surface area contributed by atoms with Crippen molar-refractivity contribution in [2.24, 2.45) is 0 Å². The first-order chi connectivity index (χ1) is 17.4. The molecule has 0 bridgehead atoms. The molecule has 0 spiro atoms. The Kier molecular flexibility index (Phi) is 10.0. The van der Waals surface area contributed by atoms with E-state index in [-0.39, 0.29) is 12.5 Å². The van der Waals surface area contributed by atoms with Crippen LogP contribution in [0.5, 0.6) is 0 Å². The average Bonchev–Trinajstić information content (AvgIpc) is 2.88. The molecule has 1 amide bonds. The number of hydrogen-bond donors (Lipinski definition) is 2. The summed E-state index contributed by atoms with van der Waals surface area (Å²) in [6, 6.07) is 14.7. The van der Waals surface area contributed by atoms with Crippen molar-refractivity contribution in [2.45, 2.75) is 46.1 Å². The Labute approximate surface area is 218 Å². The molecule has 7 nitrogen and oxygen atoms in total. The number of amides is 1. The van der Waals surface area contributed by atoms with Crippen LogP contribution in [0.3, 0.4) is 0 Å². The van der Waals surface area contributed by atoms with E-state index < -0.39 is 12.0 Å². The highest BCUT2D eigenvalue weighted by Crippen LogP contribution is 2.32. The summed E-state index contributed by atoms with van der Waals surface area (Å²) in [4.78, 5) is 27.6. The van der Waals surface area contributed by atoms with Crippen molar-refractivity contribution in [3.05, 3.63) is 76.5 Å². The molecule has 0 radical (unpaired) electrons. The third kappa shape index (κ3) is 6.71. The first-order valence-corrected chi connectivity index (χ1v) is 12.8. The van der Waals surface area contributed by atoms with Gasteiger partial charge in [-0.15, -0.1) is 0 Å². The number of allylic oxidation sites excluding steroid dienone is 1. The summed E-state index contributed by atoms with van der Waals surface area (Å²) in [6.07, 6.45) is 3.30. The highest BCUT2D eigenvalue weighted by atomic mass is 32.1. The Morgan fingerprint density at radius 2 is 1.75 bits per heavy atom. The molecule has 0 aromatic heterocycles. The summed E-state index contributed by atoms with van der Waals surface area (Å²) in [7, 11) is 1.56. The van der Waals surface area contributed by atoms with Gasteiger partial charge in [0.05, 0.1) is 18.2 Å². The predicted octanol–water partition coefficient (Wildman–Crippen LogP) is 5.00. The Morgan fingerprint density at radius 1 is 1.06 bits per heavy atom. The van der Waals surface area contributed by atoms with Gasteiger partial charge in [0.25, 0.3) is 5.91 Å². The van der Waals surface area contributed by atoms with Crippen molar-refractivity contribution >= 4 is 34.9 Å². The van der Waals surface area contributed by atoms with Gasteiger partial charge >= 0.3 is 5.97 Å². The number of benzene rings is 2. The van der Waals surface area contributed by atoms with Gasteiger partial charge in [0, 0.05) is 30.6 Å². The largest absolute Gasteiger partial charge is 0.460 e. The Hall–Kier alpha value is -3.23. The SMILES string of the molecule is CCCCc1ccc(C(=O)Nc2ccc(C3NC(=S)N(CC)C(C)=C3C(=O)OCCOC)cc2)cc1. The molecule has 1 heterocycles. The lowest BCUT2D eigenvalue weighted by Gasteiger charge is -2.37. The standard InChI is InChI=1S/C28H35N3O4S/c1-5-7-8-20-9-11-22(12-10-20)26(32)29-23-15-13-21(14-16-23)25-24(27(33)35-18-17-34-4)19(3)31(6-2)28(36)30-25/h9-16,25H,5-8,17-18H2,1-4H3,(H,29,32)(H,30,36). The third-order valence-corrected chi connectivity index (χ3v) is 6.53. The topological polar surface area (TPSA) is 79.9 Å². The second-order valence-electron chi connectivity index (χ2n) is 8.63. The summed E-state index contributed by atoms with van der Waals surface area (Å²) in [5, 5.41) is 6.76. The molecule has 1 atom stereocenters. The number of nitrogens with one attached hydrogen (secondary N) is 2. The van der Waals surface area contributed by atoms with Crippen molar-refractivity contribution in [3.63, 3.8) is 0 Å². The Balaban J connectivity index is 1.76. The lowest BCUT2D eigenvalue weighted by Crippen LogP contribution is -2.47. The fourth-order valence-electron chi connectivity index (χ4n) is 4.14. The normalized spacial score (nSPS) is 15.5. The fourth-order valence-corrected chi connectivity index (χ4v) is 4.52. The summed E-state index contributed by atoms with van der Waals surface area (Å²) in [6.45, 7) is 7.13. The molecule has 0 aliphatic carbocycles. The molecule has 3 rings (SSSR count). The zero-order valence-corrected chi connectivity index (χ0v) is 22.2. The number of unbranched alkanes of at least 4 members (excludes halogenated alkanes) is 1. The van der Waals surface area contributed by atoms with Crippen LogP contribution in [0.4, 0.5) is 5.69 Å². The molecule has 0 saturated carbocycles. The highest BCUT2D eigenvalue weighted by Gasteiger charge is 2.34. The van der Waals surface area contributed by atoms with E-state index in [2.05, 4.69) is 17.6 Å². The maximum absolute atomic E-state index is 13.0. The summed E-state index contributed by atoms with van der Waals surface area (Å²) in [5.41, 5.74) is 4.60. The first-order valence-electron chi connectivity index (χ1n) is 12.3. The van der Waals surface area contributed by atoms with Crippen LogP contribution in [0.1, 0.15) is 61.1 Å².